The first-order valence-electron chi connectivity index (χ1n) is 12.0. The molecule has 0 aromatic heterocycles. The van der Waals surface area contributed by atoms with E-state index in [0.29, 0.717) is 29.2 Å². The van der Waals surface area contributed by atoms with E-state index >= 15 is 0 Å². The quantitative estimate of drug-likeness (QED) is 0.425. The number of amides is 3. The summed E-state index contributed by atoms with van der Waals surface area (Å²) in [6, 6.07) is 17.7. The van der Waals surface area contributed by atoms with Crippen LogP contribution in [0.2, 0.25) is 0 Å². The maximum absolute atomic E-state index is 13.4. The van der Waals surface area contributed by atoms with Gasteiger partial charge in [0.25, 0.3) is 5.91 Å². The lowest BCUT2D eigenvalue weighted by atomic mass is 9.98. The Labute approximate surface area is 223 Å². The number of nitrogens with zero attached hydrogens (tertiary/aromatic N) is 3. The van der Waals surface area contributed by atoms with E-state index in [1.807, 2.05) is 36.4 Å². The van der Waals surface area contributed by atoms with Crippen LogP contribution in [-0.2, 0) is 11.0 Å². The van der Waals surface area contributed by atoms with Gasteiger partial charge in [-0.15, -0.1) is 0 Å². The van der Waals surface area contributed by atoms with E-state index < -0.39 is 29.7 Å². The molecule has 8 nitrogen and oxygen atoms in total. The molecule has 1 atom stereocenters. The normalized spacial score (nSPS) is 15.0. The summed E-state index contributed by atoms with van der Waals surface area (Å²) in [5, 5.41) is 8.49. The Morgan fingerprint density at radius 1 is 1.03 bits per heavy atom. The first kappa shape index (κ1) is 27.5. The number of alkyl halides is 3. The summed E-state index contributed by atoms with van der Waals surface area (Å²) in [7, 11) is 4.51. The van der Waals surface area contributed by atoms with Gasteiger partial charge in [-0.05, 0) is 42.0 Å². The van der Waals surface area contributed by atoms with E-state index in [1.54, 1.807) is 19.2 Å². The highest BCUT2D eigenvalue weighted by Crippen LogP contribution is 2.36. The zero-order valence-electron chi connectivity index (χ0n) is 21.5. The van der Waals surface area contributed by atoms with Gasteiger partial charge in [0, 0.05) is 30.8 Å². The topological polar surface area (TPSA) is 83.5 Å². The molecule has 4 rings (SSSR count). The highest BCUT2D eigenvalue weighted by atomic mass is 19.4. The molecule has 3 aromatic rings. The van der Waals surface area contributed by atoms with Crippen LogP contribution in [0, 0.1) is 0 Å². The van der Waals surface area contributed by atoms with Gasteiger partial charge in [-0.3, -0.25) is 4.79 Å². The summed E-state index contributed by atoms with van der Waals surface area (Å²) >= 11 is 0. The number of hydrogen-bond donors (Lipinski definition) is 1. The third-order valence-corrected chi connectivity index (χ3v) is 6.25. The molecule has 0 saturated carbocycles. The minimum absolute atomic E-state index is 0.169. The van der Waals surface area contributed by atoms with Crippen LogP contribution in [0.4, 0.5) is 23.7 Å². The van der Waals surface area contributed by atoms with Gasteiger partial charge >= 0.3 is 12.2 Å². The van der Waals surface area contributed by atoms with Crippen LogP contribution < -0.4 is 14.8 Å². The molecule has 0 spiro atoms. The van der Waals surface area contributed by atoms with Crippen molar-refractivity contribution >= 4 is 23.3 Å². The second-order valence-electron chi connectivity index (χ2n) is 8.84. The third-order valence-electron chi connectivity index (χ3n) is 6.25. The van der Waals surface area contributed by atoms with Crippen LogP contribution in [0.25, 0.3) is 0 Å². The van der Waals surface area contributed by atoms with Gasteiger partial charge in [-0.1, -0.05) is 30.3 Å². The standard InChI is InChI=1S/C28H27F3N4O4/c1-34(27(37)32-20-11-9-19(10-12-20)28(29,30)31)17-26(36)35-24(18-7-5-4-6-8-18)16-23(33-35)22-14-13-21(38-2)15-25(22)39-3/h4-15,24H,16-17H2,1-3H3,(H,32,37). The van der Waals surface area contributed by atoms with Crippen molar-refractivity contribution in [2.45, 2.75) is 18.6 Å². The average molecular weight is 541 g/mol. The molecule has 3 amide bonds. The number of benzene rings is 3. The van der Waals surface area contributed by atoms with Crippen molar-refractivity contribution in [1.82, 2.24) is 9.91 Å². The number of halogens is 3. The molecule has 0 saturated heterocycles. The van der Waals surface area contributed by atoms with E-state index in [1.165, 1.54) is 19.2 Å². The Hall–Kier alpha value is -4.54. The van der Waals surface area contributed by atoms with Crippen molar-refractivity contribution in [2.75, 3.05) is 33.1 Å². The lowest BCUT2D eigenvalue weighted by Crippen LogP contribution is -2.41. The van der Waals surface area contributed by atoms with Gasteiger partial charge in [-0.25, -0.2) is 9.80 Å². The predicted octanol–water partition coefficient (Wildman–Crippen LogP) is 5.56. The molecule has 0 aliphatic carbocycles. The van der Waals surface area contributed by atoms with Gasteiger partial charge in [0.15, 0.2) is 0 Å². The molecule has 1 aliphatic heterocycles. The van der Waals surface area contributed by atoms with Crippen LogP contribution in [0.5, 0.6) is 11.5 Å². The number of hydrogen-bond acceptors (Lipinski definition) is 5. The molecule has 1 aliphatic rings. The first-order valence-corrected chi connectivity index (χ1v) is 12.0. The largest absolute Gasteiger partial charge is 0.497 e. The van der Waals surface area contributed by atoms with E-state index in [4.69, 9.17) is 9.47 Å². The minimum atomic E-state index is -4.48. The average Bonchev–Trinajstić information content (AvgIpc) is 3.38. The molecule has 11 heteroatoms. The fraction of sp³-hybridized carbons (Fsp3) is 0.250. The monoisotopic (exact) mass is 540 g/mol. The van der Waals surface area contributed by atoms with Crippen LogP contribution in [-0.4, -0.2) is 55.4 Å². The molecule has 1 N–H and O–H groups in total. The molecular weight excluding hydrogens is 513 g/mol. The number of rotatable bonds is 7. The lowest BCUT2D eigenvalue weighted by molar-refractivity contribution is -0.137. The predicted molar refractivity (Wildman–Crippen MR) is 140 cm³/mol. The van der Waals surface area contributed by atoms with E-state index in [-0.39, 0.29) is 12.2 Å². The van der Waals surface area contributed by atoms with E-state index in [9.17, 15) is 22.8 Å². The summed E-state index contributed by atoms with van der Waals surface area (Å²) in [4.78, 5) is 27.2. The Balaban J connectivity index is 1.53. The SMILES string of the molecule is COc1ccc(C2=NN(C(=O)CN(C)C(=O)Nc3ccc(C(F)(F)F)cc3)C(c3ccccc3)C2)c(OC)c1. The number of ether oxygens (including phenoxy) is 2. The highest BCUT2D eigenvalue weighted by molar-refractivity contribution is 6.05. The minimum Gasteiger partial charge on any atom is -0.497 e. The number of nitrogens with one attached hydrogen (secondary N) is 1. The zero-order valence-corrected chi connectivity index (χ0v) is 21.5. The Bertz CT molecular complexity index is 1360. The Morgan fingerprint density at radius 3 is 2.33 bits per heavy atom. The van der Waals surface area contributed by atoms with Gasteiger partial charge in [0.1, 0.15) is 18.0 Å². The molecule has 39 heavy (non-hydrogen) atoms. The fourth-order valence-corrected chi connectivity index (χ4v) is 4.18. The number of likely N-dealkylation sites (N-methyl/N-ethyl adjacent to an activating group) is 1. The van der Waals surface area contributed by atoms with Crippen molar-refractivity contribution in [3.05, 3.63) is 89.5 Å². The maximum Gasteiger partial charge on any atom is 0.416 e. The van der Waals surface area contributed by atoms with Crippen LogP contribution in [0.3, 0.4) is 0 Å². The second-order valence-corrected chi connectivity index (χ2v) is 8.84. The molecule has 0 radical (unpaired) electrons. The van der Waals surface area contributed by atoms with E-state index in [0.717, 1.165) is 34.7 Å². The molecule has 0 fully saturated rings. The van der Waals surface area contributed by atoms with Crippen LogP contribution in [0.1, 0.15) is 29.2 Å². The van der Waals surface area contributed by atoms with Gasteiger partial charge < -0.3 is 19.7 Å². The summed E-state index contributed by atoms with van der Waals surface area (Å²) in [5.41, 5.74) is 1.56. The lowest BCUT2D eigenvalue weighted by Gasteiger charge is -2.25. The summed E-state index contributed by atoms with van der Waals surface area (Å²) in [6.07, 6.45) is -4.06. The molecule has 0 bridgehead atoms. The van der Waals surface area contributed by atoms with Crippen LogP contribution >= 0.6 is 0 Å². The first-order chi connectivity index (χ1) is 18.6. The summed E-state index contributed by atoms with van der Waals surface area (Å²) in [5.74, 6) is 0.723. The zero-order chi connectivity index (χ0) is 28.2. The van der Waals surface area contributed by atoms with Gasteiger partial charge in [0.2, 0.25) is 0 Å². The number of anilines is 1. The highest BCUT2D eigenvalue weighted by Gasteiger charge is 2.35. The molecule has 1 heterocycles. The van der Waals surface area contributed by atoms with Crippen molar-refractivity contribution in [1.29, 1.82) is 0 Å². The Kier molecular flexibility index (Phi) is 8.08. The van der Waals surface area contributed by atoms with Crippen LogP contribution in [0.15, 0.2) is 77.9 Å². The van der Waals surface area contributed by atoms with Gasteiger partial charge in [-0.2, -0.15) is 18.3 Å². The third kappa shape index (κ3) is 6.31. The van der Waals surface area contributed by atoms with Crippen molar-refractivity contribution in [2.24, 2.45) is 5.10 Å². The number of carbonyl (C=O) groups is 2. The van der Waals surface area contributed by atoms with E-state index in [2.05, 4.69) is 10.4 Å². The Morgan fingerprint density at radius 2 is 1.72 bits per heavy atom. The van der Waals surface area contributed by atoms with Crippen molar-refractivity contribution < 1.29 is 32.2 Å². The van der Waals surface area contributed by atoms with Crippen molar-refractivity contribution in [3.8, 4) is 11.5 Å². The second kappa shape index (κ2) is 11.5. The van der Waals surface area contributed by atoms with Crippen molar-refractivity contribution in [3.63, 3.8) is 0 Å². The fourth-order valence-electron chi connectivity index (χ4n) is 4.18. The summed E-state index contributed by atoms with van der Waals surface area (Å²) < 4.78 is 49.2. The summed E-state index contributed by atoms with van der Waals surface area (Å²) in [6.45, 7) is -0.313. The smallest absolute Gasteiger partial charge is 0.416 e. The number of methoxy groups -OCH3 is 2. The molecule has 3 aromatic carbocycles. The maximum atomic E-state index is 13.4. The van der Waals surface area contributed by atoms with Gasteiger partial charge in [0.05, 0.1) is 31.5 Å². The molecule has 204 valence electrons. The molecular formula is C28H27F3N4O4. The number of urea groups is 1. The number of carbonyl (C=O) groups excluding carboxylic acids is 2. The number of hydrazone groups is 1. The molecule has 1 unspecified atom stereocenters.